The number of nitrogens with zero attached hydrogens (tertiary/aromatic N) is 3. The van der Waals surface area contributed by atoms with E-state index in [1.807, 2.05) is 36.5 Å². The Bertz CT molecular complexity index is 1140. The maximum absolute atomic E-state index is 13.6. The molecule has 6 heteroatoms. The highest BCUT2D eigenvalue weighted by Gasteiger charge is 2.59. The Balaban J connectivity index is 1.12. The summed E-state index contributed by atoms with van der Waals surface area (Å²) in [5.41, 5.74) is 2.56. The highest BCUT2D eigenvalue weighted by molar-refractivity contribution is 5.82. The number of aliphatic hydroxyl groups is 1. The zero-order valence-electron chi connectivity index (χ0n) is 21.6. The number of ether oxygens (including phenoxy) is 1. The maximum Gasteiger partial charge on any atom is 0.157 e. The molecule has 7 atom stereocenters. The molecule has 4 aliphatic carbocycles. The number of hydrogen-bond acceptors (Lipinski definition) is 5. The summed E-state index contributed by atoms with van der Waals surface area (Å²) in [5, 5.41) is 18.7. The van der Waals surface area contributed by atoms with E-state index in [0.29, 0.717) is 36.7 Å². The molecule has 0 unspecified atom stereocenters. The molecule has 0 saturated heterocycles. The predicted octanol–water partition coefficient (Wildman–Crippen LogP) is 5.37. The van der Waals surface area contributed by atoms with E-state index in [-0.39, 0.29) is 22.9 Å². The minimum absolute atomic E-state index is 0.0773. The highest BCUT2D eigenvalue weighted by Crippen LogP contribution is 2.66. The molecule has 4 aliphatic rings. The molecule has 0 aliphatic heterocycles. The van der Waals surface area contributed by atoms with Gasteiger partial charge in [0.25, 0.3) is 0 Å². The molecule has 6 rings (SSSR count). The largest absolute Gasteiger partial charge is 0.487 e. The van der Waals surface area contributed by atoms with Crippen LogP contribution in [-0.4, -0.2) is 32.0 Å². The number of carbonyl (C=O) groups is 1. The van der Waals surface area contributed by atoms with Crippen LogP contribution in [0.5, 0.6) is 5.75 Å². The smallest absolute Gasteiger partial charge is 0.157 e. The second kappa shape index (κ2) is 9.13. The zero-order chi connectivity index (χ0) is 24.9. The molecule has 1 heterocycles. The third-order valence-electron chi connectivity index (χ3n) is 10.5. The standard InChI is InChI=1S/C30H39N3O3/c1-29-14-12-22(34)16-20(29)8-9-24-25-10-11-27(30(25,2)15-13-26(24)29)28(35)18-33-17-21(31-32-33)19-36-23-6-4-3-5-7-23/h3-8,17,22,24-27,34H,9-16,18-19H2,1-2H3/t22-,24-,25-,26-,27+,29-,30-/m0/s1. The molecule has 3 saturated carbocycles. The van der Waals surface area contributed by atoms with Gasteiger partial charge in [-0.15, -0.1) is 5.10 Å². The van der Waals surface area contributed by atoms with Crippen LogP contribution in [0.15, 0.2) is 48.2 Å². The van der Waals surface area contributed by atoms with Crippen LogP contribution in [0.1, 0.15) is 70.9 Å². The number of fused-ring (bicyclic) bond motifs is 5. The molecule has 36 heavy (non-hydrogen) atoms. The second-order valence-electron chi connectivity index (χ2n) is 12.3. The fourth-order valence-electron chi connectivity index (χ4n) is 8.60. The van der Waals surface area contributed by atoms with Gasteiger partial charge >= 0.3 is 0 Å². The summed E-state index contributed by atoms with van der Waals surface area (Å²) >= 11 is 0. The van der Waals surface area contributed by atoms with E-state index in [1.54, 1.807) is 4.68 Å². The number of benzene rings is 1. The first-order valence-electron chi connectivity index (χ1n) is 13.8. The van der Waals surface area contributed by atoms with Crippen molar-refractivity contribution in [2.75, 3.05) is 0 Å². The van der Waals surface area contributed by atoms with Crippen molar-refractivity contribution in [3.05, 3.63) is 53.9 Å². The summed E-state index contributed by atoms with van der Waals surface area (Å²) in [6.07, 6.45) is 12.7. The van der Waals surface area contributed by atoms with Crippen molar-refractivity contribution >= 4 is 5.78 Å². The van der Waals surface area contributed by atoms with E-state index in [2.05, 4.69) is 30.2 Å². The van der Waals surface area contributed by atoms with Crippen molar-refractivity contribution in [2.24, 2.45) is 34.5 Å². The summed E-state index contributed by atoms with van der Waals surface area (Å²) in [7, 11) is 0. The Kier molecular flexibility index (Phi) is 6.06. The van der Waals surface area contributed by atoms with Crippen LogP contribution in [-0.2, 0) is 17.9 Å². The molecule has 1 aromatic carbocycles. The molecule has 0 bridgehead atoms. The first-order chi connectivity index (χ1) is 17.4. The van der Waals surface area contributed by atoms with E-state index in [9.17, 15) is 9.90 Å². The number of ketones is 1. The number of aliphatic hydroxyl groups excluding tert-OH is 1. The van der Waals surface area contributed by atoms with Crippen molar-refractivity contribution in [1.82, 2.24) is 15.0 Å². The van der Waals surface area contributed by atoms with Crippen LogP contribution in [0.25, 0.3) is 0 Å². The lowest BCUT2D eigenvalue weighted by molar-refractivity contribution is -0.130. The van der Waals surface area contributed by atoms with Crippen LogP contribution < -0.4 is 4.74 Å². The lowest BCUT2D eigenvalue weighted by Gasteiger charge is -2.57. The van der Waals surface area contributed by atoms with Crippen LogP contribution >= 0.6 is 0 Å². The lowest BCUT2D eigenvalue weighted by atomic mass is 9.47. The molecular weight excluding hydrogens is 450 g/mol. The summed E-state index contributed by atoms with van der Waals surface area (Å²) in [5.74, 6) is 3.17. The summed E-state index contributed by atoms with van der Waals surface area (Å²) in [6, 6.07) is 9.67. The SMILES string of the molecule is C[C@]12CC[C@H]3[C@@H](CC=C4C[C@@H](O)CC[C@@]43C)[C@@H]1CC[C@@H]2C(=O)Cn1cc(COc2ccccc2)nn1. The number of Topliss-reactive ketones (excluding diaryl/α,β-unsaturated/α-hetero) is 1. The maximum atomic E-state index is 13.6. The number of allylic oxidation sites excluding steroid dienone is 1. The minimum atomic E-state index is -0.162. The molecule has 0 radical (unpaired) electrons. The topological polar surface area (TPSA) is 77.2 Å². The Morgan fingerprint density at radius 2 is 1.94 bits per heavy atom. The summed E-state index contributed by atoms with van der Waals surface area (Å²) in [6.45, 7) is 5.50. The average molecular weight is 490 g/mol. The number of hydrogen-bond donors (Lipinski definition) is 1. The van der Waals surface area contributed by atoms with E-state index < -0.39 is 0 Å². The Morgan fingerprint density at radius 1 is 1.11 bits per heavy atom. The van der Waals surface area contributed by atoms with Gasteiger partial charge in [-0.1, -0.05) is 48.9 Å². The van der Waals surface area contributed by atoms with E-state index in [0.717, 1.165) is 56.4 Å². The normalized spacial score (nSPS) is 37.4. The molecule has 0 spiro atoms. The number of rotatable bonds is 6. The van der Waals surface area contributed by atoms with Gasteiger partial charge in [0.2, 0.25) is 0 Å². The van der Waals surface area contributed by atoms with Crippen LogP contribution in [0.4, 0.5) is 0 Å². The quantitative estimate of drug-likeness (QED) is 0.552. The van der Waals surface area contributed by atoms with Crippen LogP contribution in [0.3, 0.4) is 0 Å². The first kappa shape index (κ1) is 23.9. The van der Waals surface area contributed by atoms with Crippen molar-refractivity contribution < 1.29 is 14.6 Å². The molecule has 6 nitrogen and oxygen atoms in total. The van der Waals surface area contributed by atoms with Crippen LogP contribution in [0, 0.1) is 34.5 Å². The first-order valence-corrected chi connectivity index (χ1v) is 13.8. The third-order valence-corrected chi connectivity index (χ3v) is 10.5. The van der Waals surface area contributed by atoms with Crippen LogP contribution in [0.2, 0.25) is 0 Å². The molecule has 1 N–H and O–H groups in total. The highest BCUT2D eigenvalue weighted by atomic mass is 16.5. The summed E-state index contributed by atoms with van der Waals surface area (Å²) in [4.78, 5) is 13.6. The predicted molar refractivity (Wildman–Crippen MR) is 137 cm³/mol. The number of carbonyl (C=O) groups excluding carboxylic acids is 1. The van der Waals surface area contributed by atoms with Gasteiger partial charge in [-0.2, -0.15) is 0 Å². The van der Waals surface area contributed by atoms with E-state index in [1.165, 1.54) is 12.0 Å². The Labute approximate surface area is 214 Å². The average Bonchev–Trinajstić information content (AvgIpc) is 3.47. The zero-order valence-corrected chi connectivity index (χ0v) is 21.6. The van der Waals surface area contributed by atoms with Gasteiger partial charge in [0.1, 0.15) is 24.6 Å². The Morgan fingerprint density at radius 3 is 2.78 bits per heavy atom. The molecule has 3 fully saturated rings. The second-order valence-corrected chi connectivity index (χ2v) is 12.3. The van der Waals surface area contributed by atoms with Gasteiger partial charge in [-0.05, 0) is 92.1 Å². The van der Waals surface area contributed by atoms with E-state index >= 15 is 0 Å². The van der Waals surface area contributed by atoms with E-state index in [4.69, 9.17) is 4.74 Å². The fraction of sp³-hybridized carbons (Fsp3) is 0.633. The van der Waals surface area contributed by atoms with Crippen molar-refractivity contribution in [3.63, 3.8) is 0 Å². The fourth-order valence-corrected chi connectivity index (χ4v) is 8.60. The molecule has 0 amide bonds. The monoisotopic (exact) mass is 489 g/mol. The van der Waals surface area contributed by atoms with Crippen molar-refractivity contribution in [3.8, 4) is 5.75 Å². The molecular formula is C30H39N3O3. The molecule has 1 aromatic heterocycles. The van der Waals surface area contributed by atoms with Crippen molar-refractivity contribution in [2.45, 2.75) is 84.5 Å². The lowest BCUT2D eigenvalue weighted by Crippen LogP contribution is -2.51. The van der Waals surface area contributed by atoms with Gasteiger partial charge in [0.15, 0.2) is 5.78 Å². The summed E-state index contributed by atoms with van der Waals surface area (Å²) < 4.78 is 7.47. The minimum Gasteiger partial charge on any atom is -0.487 e. The molecule has 192 valence electrons. The molecule has 2 aromatic rings. The van der Waals surface area contributed by atoms with Gasteiger partial charge < -0.3 is 9.84 Å². The number of aromatic nitrogens is 3. The number of para-hydroxylation sites is 1. The van der Waals surface area contributed by atoms with Gasteiger partial charge in [-0.3, -0.25) is 4.79 Å². The van der Waals surface area contributed by atoms with Gasteiger partial charge in [0.05, 0.1) is 12.3 Å². The third kappa shape index (κ3) is 4.02. The van der Waals surface area contributed by atoms with Gasteiger partial charge in [0, 0.05) is 5.92 Å². The Hall–Kier alpha value is -2.47. The van der Waals surface area contributed by atoms with Gasteiger partial charge in [-0.25, -0.2) is 4.68 Å². The van der Waals surface area contributed by atoms with Crippen molar-refractivity contribution in [1.29, 1.82) is 0 Å².